The summed E-state index contributed by atoms with van der Waals surface area (Å²) in [6.45, 7) is 5.48. The van der Waals surface area contributed by atoms with Gasteiger partial charge in [-0.2, -0.15) is 0 Å². The highest BCUT2D eigenvalue weighted by atomic mass is 16.4. The molecule has 0 spiro atoms. The fraction of sp³-hybridized carbons (Fsp3) is 0.429. The minimum atomic E-state index is -1.10. The monoisotopic (exact) mass is 172 g/mol. The lowest BCUT2D eigenvalue weighted by atomic mass is 10.3. The van der Waals surface area contributed by atoms with Crippen LogP contribution in [0.25, 0.3) is 0 Å². The molecule has 2 amide bonds. The number of hydrogen-bond acceptors (Lipinski definition) is 2. The Hall–Kier alpha value is -1.52. The molecule has 0 saturated carbocycles. The molecule has 12 heavy (non-hydrogen) atoms. The molecule has 0 aromatic heterocycles. The van der Waals surface area contributed by atoms with Crippen LogP contribution in [0.3, 0.4) is 0 Å². The molecule has 0 aliphatic rings. The van der Waals surface area contributed by atoms with Crippen LogP contribution in [-0.2, 0) is 4.79 Å². The smallest absolute Gasteiger partial charge is 0.404 e. The standard InChI is InChI=1S/C7H12N2O3/c1-5(2)6(10)8-3-4-9-7(11)12/h9H,1,3-4H2,2H3,(H,8,10)(H,11,12). The van der Waals surface area contributed by atoms with Gasteiger partial charge in [-0.25, -0.2) is 4.79 Å². The van der Waals surface area contributed by atoms with Crippen molar-refractivity contribution in [1.82, 2.24) is 10.6 Å². The van der Waals surface area contributed by atoms with E-state index in [0.717, 1.165) is 0 Å². The summed E-state index contributed by atoms with van der Waals surface area (Å²) in [5.41, 5.74) is 0.408. The van der Waals surface area contributed by atoms with Crippen LogP contribution >= 0.6 is 0 Å². The van der Waals surface area contributed by atoms with Gasteiger partial charge in [-0.3, -0.25) is 4.79 Å². The van der Waals surface area contributed by atoms with Gasteiger partial charge in [0.2, 0.25) is 5.91 Å². The van der Waals surface area contributed by atoms with E-state index in [2.05, 4.69) is 17.2 Å². The van der Waals surface area contributed by atoms with Gasteiger partial charge in [0.15, 0.2) is 0 Å². The summed E-state index contributed by atoms with van der Waals surface area (Å²) in [5.74, 6) is -0.262. The van der Waals surface area contributed by atoms with Crippen LogP contribution in [0.4, 0.5) is 4.79 Å². The highest BCUT2D eigenvalue weighted by Gasteiger charge is 1.99. The number of hydrogen-bond donors (Lipinski definition) is 3. The summed E-state index contributed by atoms with van der Waals surface area (Å²) in [6, 6.07) is 0. The largest absolute Gasteiger partial charge is 0.465 e. The van der Waals surface area contributed by atoms with Gasteiger partial charge in [-0.1, -0.05) is 6.58 Å². The van der Waals surface area contributed by atoms with E-state index in [1.165, 1.54) is 0 Å². The fourth-order valence-electron chi connectivity index (χ4n) is 0.496. The van der Waals surface area contributed by atoms with Crippen molar-refractivity contribution < 1.29 is 14.7 Å². The first-order chi connectivity index (χ1) is 5.54. The van der Waals surface area contributed by atoms with Gasteiger partial charge < -0.3 is 15.7 Å². The lowest BCUT2D eigenvalue weighted by molar-refractivity contribution is -0.117. The summed E-state index contributed by atoms with van der Waals surface area (Å²) in [4.78, 5) is 20.7. The van der Waals surface area contributed by atoms with Crippen LogP contribution in [0, 0.1) is 0 Å². The molecule has 0 atom stereocenters. The molecular formula is C7H12N2O3. The van der Waals surface area contributed by atoms with Gasteiger partial charge >= 0.3 is 6.09 Å². The SMILES string of the molecule is C=C(C)C(=O)NCCNC(=O)O. The number of carboxylic acid groups (broad SMARTS) is 1. The topological polar surface area (TPSA) is 78.4 Å². The number of carbonyl (C=O) groups excluding carboxylic acids is 1. The second kappa shape index (κ2) is 5.17. The van der Waals surface area contributed by atoms with Crippen molar-refractivity contribution in [3.8, 4) is 0 Å². The molecule has 0 unspecified atom stereocenters. The van der Waals surface area contributed by atoms with Crippen LogP contribution in [0.1, 0.15) is 6.92 Å². The molecule has 0 aliphatic heterocycles. The van der Waals surface area contributed by atoms with Gasteiger partial charge in [0, 0.05) is 18.7 Å². The van der Waals surface area contributed by atoms with E-state index in [0.29, 0.717) is 5.57 Å². The van der Waals surface area contributed by atoms with Gasteiger partial charge in [0.25, 0.3) is 0 Å². The second-order valence-electron chi connectivity index (χ2n) is 2.27. The maximum absolute atomic E-state index is 10.8. The molecule has 0 bridgehead atoms. The van der Waals surface area contributed by atoms with E-state index in [4.69, 9.17) is 5.11 Å². The number of nitrogens with one attached hydrogen (secondary N) is 2. The fourth-order valence-corrected chi connectivity index (χ4v) is 0.496. The van der Waals surface area contributed by atoms with Crippen molar-refractivity contribution in [3.63, 3.8) is 0 Å². The highest BCUT2D eigenvalue weighted by molar-refractivity contribution is 5.92. The Bertz CT molecular complexity index is 201. The summed E-state index contributed by atoms with van der Waals surface area (Å²) in [5, 5.41) is 12.7. The van der Waals surface area contributed by atoms with Crippen LogP contribution in [0.5, 0.6) is 0 Å². The molecule has 5 heteroatoms. The predicted octanol–water partition coefficient (Wildman–Crippen LogP) is -0.0537. The minimum Gasteiger partial charge on any atom is -0.465 e. The Morgan fingerprint density at radius 3 is 2.25 bits per heavy atom. The first kappa shape index (κ1) is 10.5. The third kappa shape index (κ3) is 5.28. The van der Waals surface area contributed by atoms with E-state index in [9.17, 15) is 9.59 Å². The van der Waals surface area contributed by atoms with E-state index in [-0.39, 0.29) is 19.0 Å². The maximum Gasteiger partial charge on any atom is 0.404 e. The summed E-state index contributed by atoms with van der Waals surface area (Å²) in [7, 11) is 0. The van der Waals surface area contributed by atoms with Gasteiger partial charge in [0.05, 0.1) is 0 Å². The van der Waals surface area contributed by atoms with Crippen molar-refractivity contribution in [2.45, 2.75) is 6.92 Å². The Balaban J connectivity index is 3.38. The molecule has 68 valence electrons. The van der Waals surface area contributed by atoms with Crippen LogP contribution in [-0.4, -0.2) is 30.2 Å². The molecule has 3 N–H and O–H groups in total. The third-order valence-corrected chi connectivity index (χ3v) is 1.07. The number of amides is 2. The van der Waals surface area contributed by atoms with E-state index >= 15 is 0 Å². The molecule has 0 aromatic rings. The normalized spacial score (nSPS) is 8.75. The molecule has 0 fully saturated rings. The minimum absolute atomic E-state index is 0.203. The zero-order valence-electron chi connectivity index (χ0n) is 6.89. The summed E-state index contributed by atoms with van der Waals surface area (Å²) in [6.07, 6.45) is -1.10. The lowest BCUT2D eigenvalue weighted by Crippen LogP contribution is -2.34. The van der Waals surface area contributed by atoms with Gasteiger partial charge in [-0.05, 0) is 6.92 Å². The summed E-state index contributed by atoms with van der Waals surface area (Å²) >= 11 is 0. The van der Waals surface area contributed by atoms with E-state index in [1.807, 2.05) is 0 Å². The second-order valence-corrected chi connectivity index (χ2v) is 2.27. The van der Waals surface area contributed by atoms with Gasteiger partial charge in [-0.15, -0.1) is 0 Å². The summed E-state index contributed by atoms with van der Waals surface area (Å²) < 4.78 is 0. The molecule has 0 rings (SSSR count). The maximum atomic E-state index is 10.8. The van der Waals surface area contributed by atoms with Crippen molar-refractivity contribution in [1.29, 1.82) is 0 Å². The molecule has 0 saturated heterocycles. The van der Waals surface area contributed by atoms with Crippen molar-refractivity contribution in [2.24, 2.45) is 0 Å². The molecule has 0 radical (unpaired) electrons. The van der Waals surface area contributed by atoms with Crippen LogP contribution < -0.4 is 10.6 Å². The molecule has 0 aliphatic carbocycles. The Morgan fingerprint density at radius 1 is 1.33 bits per heavy atom. The first-order valence-electron chi connectivity index (χ1n) is 3.44. The molecule has 0 aromatic carbocycles. The molecule has 0 heterocycles. The van der Waals surface area contributed by atoms with Crippen molar-refractivity contribution >= 4 is 12.0 Å². The van der Waals surface area contributed by atoms with E-state index < -0.39 is 6.09 Å². The zero-order chi connectivity index (χ0) is 9.56. The quantitative estimate of drug-likeness (QED) is 0.411. The Morgan fingerprint density at radius 2 is 1.83 bits per heavy atom. The predicted molar refractivity (Wildman–Crippen MR) is 43.9 cm³/mol. The van der Waals surface area contributed by atoms with Crippen molar-refractivity contribution in [3.05, 3.63) is 12.2 Å². The Labute approximate surface area is 70.5 Å². The van der Waals surface area contributed by atoms with E-state index in [1.54, 1.807) is 6.92 Å². The average Bonchev–Trinajstić information content (AvgIpc) is 1.97. The third-order valence-electron chi connectivity index (χ3n) is 1.07. The van der Waals surface area contributed by atoms with Crippen LogP contribution in [0.2, 0.25) is 0 Å². The lowest BCUT2D eigenvalue weighted by Gasteiger charge is -2.03. The van der Waals surface area contributed by atoms with Crippen LogP contribution in [0.15, 0.2) is 12.2 Å². The number of rotatable bonds is 4. The average molecular weight is 172 g/mol. The highest BCUT2D eigenvalue weighted by Crippen LogP contribution is 1.83. The molecule has 5 nitrogen and oxygen atoms in total. The first-order valence-corrected chi connectivity index (χ1v) is 3.44. The van der Waals surface area contributed by atoms with Gasteiger partial charge in [0.1, 0.15) is 0 Å². The molecular weight excluding hydrogens is 160 g/mol. The van der Waals surface area contributed by atoms with Crippen molar-refractivity contribution in [2.75, 3.05) is 13.1 Å². The number of carbonyl (C=O) groups is 2. The Kier molecular flexibility index (Phi) is 4.52. The zero-order valence-corrected chi connectivity index (χ0v) is 6.89.